The number of tetrazole rings is 1. The zero-order chi connectivity index (χ0) is 13.1. The van der Waals surface area contributed by atoms with E-state index in [0.717, 1.165) is 5.69 Å². The van der Waals surface area contributed by atoms with Gasteiger partial charge in [-0.15, -0.1) is 5.10 Å². The smallest absolute Gasteiger partial charge is 0.215 e. The lowest BCUT2D eigenvalue weighted by Crippen LogP contribution is -2.13. The summed E-state index contributed by atoms with van der Waals surface area (Å²) in [6.07, 6.45) is 0. The van der Waals surface area contributed by atoms with Crippen LogP contribution in [-0.4, -0.2) is 36.2 Å². The normalized spacial score (nSPS) is 11.8. The highest BCUT2D eigenvalue weighted by molar-refractivity contribution is 7.99. The first-order chi connectivity index (χ1) is 8.60. The lowest BCUT2D eigenvalue weighted by atomic mass is 10.2. The highest BCUT2D eigenvalue weighted by Gasteiger charge is 2.09. The Morgan fingerprint density at radius 3 is 2.89 bits per heavy atom. The van der Waals surface area contributed by atoms with E-state index in [1.54, 1.807) is 19.2 Å². The van der Waals surface area contributed by atoms with Crippen LogP contribution in [0.5, 0.6) is 0 Å². The molecule has 2 heterocycles. The maximum Gasteiger partial charge on any atom is 0.215 e. The molecule has 0 aromatic carbocycles. The molecule has 0 amide bonds. The van der Waals surface area contributed by atoms with Crippen LogP contribution in [0.4, 0.5) is 0 Å². The van der Waals surface area contributed by atoms with Crippen LogP contribution in [-0.2, 0) is 7.05 Å². The number of pyridine rings is 1. The van der Waals surface area contributed by atoms with Crippen molar-refractivity contribution in [1.82, 2.24) is 25.2 Å². The average Bonchev–Trinajstić information content (AvgIpc) is 2.73. The van der Waals surface area contributed by atoms with Gasteiger partial charge in [0.25, 0.3) is 0 Å². The second-order valence-electron chi connectivity index (χ2n) is 3.51. The van der Waals surface area contributed by atoms with Crippen molar-refractivity contribution in [2.24, 2.45) is 17.9 Å². The fourth-order valence-corrected chi connectivity index (χ4v) is 2.11. The quantitative estimate of drug-likeness (QED) is 0.351. The Kier molecular flexibility index (Phi) is 3.42. The van der Waals surface area contributed by atoms with E-state index in [4.69, 9.17) is 10.9 Å². The molecule has 0 unspecified atom stereocenters. The van der Waals surface area contributed by atoms with Crippen molar-refractivity contribution in [2.45, 2.75) is 17.1 Å². The van der Waals surface area contributed by atoms with Crippen molar-refractivity contribution in [3.8, 4) is 0 Å². The fourth-order valence-electron chi connectivity index (χ4n) is 1.30. The largest absolute Gasteiger partial charge is 0.409 e. The van der Waals surface area contributed by atoms with Gasteiger partial charge in [-0.3, -0.25) is 0 Å². The molecule has 18 heavy (non-hydrogen) atoms. The molecule has 0 fully saturated rings. The van der Waals surface area contributed by atoms with Gasteiger partial charge in [0.1, 0.15) is 5.03 Å². The van der Waals surface area contributed by atoms with E-state index in [2.05, 4.69) is 25.7 Å². The van der Waals surface area contributed by atoms with E-state index in [9.17, 15) is 0 Å². The van der Waals surface area contributed by atoms with Gasteiger partial charge in [-0.2, -0.15) is 0 Å². The third-order valence-electron chi connectivity index (χ3n) is 2.11. The SMILES string of the molecule is Cc1cc(/C(N)=N/O)cc(Sc2nnnn2C)n1. The molecule has 0 saturated carbocycles. The van der Waals surface area contributed by atoms with E-state index in [0.29, 0.717) is 15.7 Å². The standard InChI is InChI=1S/C9H11N7OS/c1-5-3-6(8(10)13-17)4-7(11-5)18-9-12-14-15-16(9)2/h3-4,17H,1-2H3,(H2,10,13). The number of aryl methyl sites for hydroxylation is 2. The Balaban J connectivity index is 2.34. The van der Waals surface area contributed by atoms with E-state index in [-0.39, 0.29) is 5.84 Å². The van der Waals surface area contributed by atoms with Crippen LogP contribution >= 0.6 is 11.8 Å². The molecule has 0 aliphatic carbocycles. The highest BCUT2D eigenvalue weighted by Crippen LogP contribution is 2.24. The number of oxime groups is 1. The summed E-state index contributed by atoms with van der Waals surface area (Å²) >= 11 is 1.30. The Morgan fingerprint density at radius 2 is 2.28 bits per heavy atom. The van der Waals surface area contributed by atoms with Gasteiger partial charge in [0.2, 0.25) is 5.16 Å². The van der Waals surface area contributed by atoms with Crippen LogP contribution in [0, 0.1) is 6.92 Å². The summed E-state index contributed by atoms with van der Waals surface area (Å²) in [5.74, 6) is 0.0402. The molecule has 3 N–H and O–H groups in total. The van der Waals surface area contributed by atoms with Crippen LogP contribution in [0.25, 0.3) is 0 Å². The second kappa shape index (κ2) is 5.00. The van der Waals surface area contributed by atoms with E-state index < -0.39 is 0 Å². The van der Waals surface area contributed by atoms with Crippen molar-refractivity contribution in [2.75, 3.05) is 0 Å². The molecule has 0 aliphatic rings. The van der Waals surface area contributed by atoms with Gasteiger partial charge in [0, 0.05) is 18.3 Å². The van der Waals surface area contributed by atoms with Gasteiger partial charge in [-0.05, 0) is 41.2 Å². The first-order valence-electron chi connectivity index (χ1n) is 4.97. The molecule has 0 spiro atoms. The van der Waals surface area contributed by atoms with Crippen molar-refractivity contribution < 1.29 is 5.21 Å². The number of hydrogen-bond donors (Lipinski definition) is 2. The van der Waals surface area contributed by atoms with Gasteiger partial charge < -0.3 is 10.9 Å². The predicted octanol–water partition coefficient (Wildman–Crippen LogP) is 0.159. The molecule has 2 aromatic heterocycles. The molecule has 2 rings (SSSR count). The molecule has 0 bridgehead atoms. The number of rotatable bonds is 3. The predicted molar refractivity (Wildman–Crippen MR) is 64.4 cm³/mol. The molecular weight excluding hydrogens is 254 g/mol. The molecule has 8 nitrogen and oxygen atoms in total. The van der Waals surface area contributed by atoms with E-state index in [1.165, 1.54) is 16.4 Å². The van der Waals surface area contributed by atoms with Crippen molar-refractivity contribution in [3.05, 3.63) is 23.4 Å². The van der Waals surface area contributed by atoms with Gasteiger partial charge in [0.05, 0.1) is 0 Å². The minimum absolute atomic E-state index is 0.0402. The van der Waals surface area contributed by atoms with Crippen LogP contribution in [0.3, 0.4) is 0 Å². The number of amidine groups is 1. The molecule has 9 heteroatoms. The Bertz CT molecular complexity index is 594. The Hall–Kier alpha value is -2.16. The first-order valence-corrected chi connectivity index (χ1v) is 5.78. The number of nitrogens with zero attached hydrogens (tertiary/aromatic N) is 6. The summed E-state index contributed by atoms with van der Waals surface area (Å²) in [6, 6.07) is 3.44. The Morgan fingerprint density at radius 1 is 1.50 bits per heavy atom. The molecule has 0 atom stereocenters. The Labute approximate surface area is 107 Å². The van der Waals surface area contributed by atoms with Crippen molar-refractivity contribution >= 4 is 17.6 Å². The van der Waals surface area contributed by atoms with Crippen LogP contribution in [0.2, 0.25) is 0 Å². The molecular formula is C9H11N7OS. The zero-order valence-corrected chi connectivity index (χ0v) is 10.6. The number of aromatic nitrogens is 5. The summed E-state index contributed by atoms with van der Waals surface area (Å²) in [7, 11) is 1.74. The molecule has 0 saturated heterocycles. The van der Waals surface area contributed by atoms with Crippen LogP contribution in [0.15, 0.2) is 27.5 Å². The lowest BCUT2D eigenvalue weighted by Gasteiger charge is -2.04. The number of hydrogen-bond acceptors (Lipinski definition) is 7. The zero-order valence-electron chi connectivity index (χ0n) is 9.77. The van der Waals surface area contributed by atoms with Gasteiger partial charge in [-0.25, -0.2) is 9.67 Å². The maximum atomic E-state index is 8.67. The summed E-state index contributed by atoms with van der Waals surface area (Å²) in [4.78, 5) is 4.33. The van der Waals surface area contributed by atoms with Gasteiger partial charge >= 0.3 is 0 Å². The van der Waals surface area contributed by atoms with E-state index >= 15 is 0 Å². The third kappa shape index (κ3) is 2.56. The second-order valence-corrected chi connectivity index (χ2v) is 4.50. The summed E-state index contributed by atoms with van der Waals surface area (Å²) < 4.78 is 1.54. The van der Waals surface area contributed by atoms with Gasteiger partial charge in [0.15, 0.2) is 5.84 Å². The summed E-state index contributed by atoms with van der Waals surface area (Å²) in [5, 5.41) is 24.0. The van der Waals surface area contributed by atoms with Crippen molar-refractivity contribution in [3.63, 3.8) is 0 Å². The maximum absolute atomic E-state index is 8.67. The monoisotopic (exact) mass is 265 g/mol. The van der Waals surface area contributed by atoms with Gasteiger partial charge in [-0.1, -0.05) is 5.16 Å². The third-order valence-corrected chi connectivity index (χ3v) is 3.06. The first kappa shape index (κ1) is 12.3. The molecule has 0 radical (unpaired) electrons. The fraction of sp³-hybridized carbons (Fsp3) is 0.222. The number of nitrogens with two attached hydrogens (primary N) is 1. The van der Waals surface area contributed by atoms with Crippen molar-refractivity contribution in [1.29, 1.82) is 0 Å². The topological polar surface area (TPSA) is 115 Å². The minimum Gasteiger partial charge on any atom is -0.409 e. The summed E-state index contributed by atoms with van der Waals surface area (Å²) in [5.41, 5.74) is 6.91. The lowest BCUT2D eigenvalue weighted by molar-refractivity contribution is 0.318. The highest BCUT2D eigenvalue weighted by atomic mass is 32.2. The molecule has 94 valence electrons. The average molecular weight is 265 g/mol. The van der Waals surface area contributed by atoms with E-state index in [1.807, 2.05) is 6.92 Å². The van der Waals surface area contributed by atoms with Crippen LogP contribution in [0.1, 0.15) is 11.3 Å². The summed E-state index contributed by atoms with van der Waals surface area (Å²) in [6.45, 7) is 1.83. The minimum atomic E-state index is 0.0402. The molecule has 2 aromatic rings. The van der Waals surface area contributed by atoms with Crippen LogP contribution < -0.4 is 5.73 Å². The molecule has 0 aliphatic heterocycles.